The summed E-state index contributed by atoms with van der Waals surface area (Å²) in [7, 11) is -1.95. The molecule has 0 amide bonds. The molecule has 2 aromatic heterocycles. The van der Waals surface area contributed by atoms with Crippen molar-refractivity contribution in [2.75, 3.05) is 4.72 Å². The predicted molar refractivity (Wildman–Crippen MR) is 63.0 cm³/mol. The maximum Gasteiger partial charge on any atom is 0.266 e. The Kier molecular flexibility index (Phi) is 2.84. The summed E-state index contributed by atoms with van der Waals surface area (Å²) in [6, 6.07) is 5.01. The Bertz CT molecular complexity index is 619. The monoisotopic (exact) mass is 252 g/mol. The lowest BCUT2D eigenvalue weighted by atomic mass is 10.5. The third-order valence-electron chi connectivity index (χ3n) is 2.16. The maximum absolute atomic E-state index is 12.0. The van der Waals surface area contributed by atoms with Gasteiger partial charge in [0.05, 0.1) is 5.69 Å². The summed E-state index contributed by atoms with van der Waals surface area (Å²) in [6.45, 7) is 1.65. The quantitative estimate of drug-likeness (QED) is 0.881. The van der Waals surface area contributed by atoms with Gasteiger partial charge >= 0.3 is 0 Å². The number of hydrogen-bond acceptors (Lipinski definition) is 4. The first-order chi connectivity index (χ1) is 7.99. The number of hydrogen-bond donors (Lipinski definition) is 1. The normalized spacial score (nSPS) is 11.4. The van der Waals surface area contributed by atoms with Crippen molar-refractivity contribution in [3.05, 3.63) is 36.3 Å². The minimum Gasteiger partial charge on any atom is -0.274 e. The number of anilines is 1. The third-order valence-corrected chi connectivity index (χ3v) is 3.62. The van der Waals surface area contributed by atoms with Gasteiger partial charge in [-0.3, -0.25) is 9.40 Å². The average molecular weight is 252 g/mol. The molecule has 0 saturated carbocycles. The van der Waals surface area contributed by atoms with E-state index >= 15 is 0 Å². The number of pyridine rings is 1. The molecule has 2 aromatic rings. The van der Waals surface area contributed by atoms with Crippen LogP contribution in [0.4, 0.5) is 5.82 Å². The second-order valence-electron chi connectivity index (χ2n) is 3.57. The number of nitrogens with zero attached hydrogens (tertiary/aromatic N) is 3. The van der Waals surface area contributed by atoms with E-state index in [4.69, 9.17) is 0 Å². The SMILES string of the molecule is Cc1nn(C)cc1S(=O)(=O)Nc1ccccn1. The maximum atomic E-state index is 12.0. The highest BCUT2D eigenvalue weighted by molar-refractivity contribution is 7.92. The molecule has 17 heavy (non-hydrogen) atoms. The summed E-state index contributed by atoms with van der Waals surface area (Å²) in [5, 5.41) is 4.00. The Morgan fingerprint density at radius 1 is 1.35 bits per heavy atom. The molecule has 2 rings (SSSR count). The molecule has 90 valence electrons. The molecule has 0 spiro atoms. The van der Waals surface area contributed by atoms with E-state index in [9.17, 15) is 8.42 Å². The molecule has 0 aliphatic heterocycles. The fourth-order valence-electron chi connectivity index (χ4n) is 1.46. The first kappa shape index (κ1) is 11.6. The number of rotatable bonds is 3. The van der Waals surface area contributed by atoms with Crippen molar-refractivity contribution in [2.24, 2.45) is 7.05 Å². The van der Waals surface area contributed by atoms with E-state index in [0.29, 0.717) is 5.69 Å². The number of aromatic nitrogens is 3. The van der Waals surface area contributed by atoms with E-state index in [-0.39, 0.29) is 10.7 Å². The van der Waals surface area contributed by atoms with Gasteiger partial charge < -0.3 is 0 Å². The van der Waals surface area contributed by atoms with Crippen LogP contribution in [0.3, 0.4) is 0 Å². The van der Waals surface area contributed by atoms with Crippen molar-refractivity contribution in [3.63, 3.8) is 0 Å². The molecule has 2 heterocycles. The van der Waals surface area contributed by atoms with Crippen molar-refractivity contribution < 1.29 is 8.42 Å². The van der Waals surface area contributed by atoms with Crippen molar-refractivity contribution in [1.29, 1.82) is 0 Å². The summed E-state index contributed by atoms with van der Waals surface area (Å²) in [6.07, 6.45) is 2.98. The highest BCUT2D eigenvalue weighted by Gasteiger charge is 2.20. The van der Waals surface area contributed by atoms with Gasteiger partial charge in [0.2, 0.25) is 0 Å². The molecule has 0 unspecified atom stereocenters. The molecule has 0 fully saturated rings. The Morgan fingerprint density at radius 3 is 2.65 bits per heavy atom. The molecule has 0 aliphatic carbocycles. The Hall–Kier alpha value is -1.89. The lowest BCUT2D eigenvalue weighted by Crippen LogP contribution is -2.14. The Labute approximate surface area is 99.4 Å². The highest BCUT2D eigenvalue weighted by Crippen LogP contribution is 2.16. The number of sulfonamides is 1. The summed E-state index contributed by atoms with van der Waals surface area (Å²) in [5.41, 5.74) is 0.455. The number of aryl methyl sites for hydroxylation is 2. The highest BCUT2D eigenvalue weighted by atomic mass is 32.2. The van der Waals surface area contributed by atoms with Crippen LogP contribution in [0, 0.1) is 6.92 Å². The average Bonchev–Trinajstić information content (AvgIpc) is 2.59. The first-order valence-corrected chi connectivity index (χ1v) is 6.41. The van der Waals surface area contributed by atoms with Gasteiger partial charge in [0.25, 0.3) is 10.0 Å². The topological polar surface area (TPSA) is 76.9 Å². The molecular weight excluding hydrogens is 240 g/mol. The lowest BCUT2D eigenvalue weighted by molar-refractivity contribution is 0.600. The van der Waals surface area contributed by atoms with Crippen LogP contribution in [-0.4, -0.2) is 23.2 Å². The zero-order valence-corrected chi connectivity index (χ0v) is 10.3. The summed E-state index contributed by atoms with van der Waals surface area (Å²) >= 11 is 0. The molecular formula is C10H12N4O2S. The molecule has 0 bridgehead atoms. The van der Waals surface area contributed by atoms with Crippen LogP contribution >= 0.6 is 0 Å². The zero-order valence-electron chi connectivity index (χ0n) is 9.45. The van der Waals surface area contributed by atoms with Crippen LogP contribution in [-0.2, 0) is 17.1 Å². The van der Waals surface area contributed by atoms with E-state index in [1.807, 2.05) is 0 Å². The molecule has 0 radical (unpaired) electrons. The van der Waals surface area contributed by atoms with E-state index in [1.54, 1.807) is 32.2 Å². The molecule has 0 aromatic carbocycles. The van der Waals surface area contributed by atoms with Crippen molar-refractivity contribution in [1.82, 2.24) is 14.8 Å². The van der Waals surface area contributed by atoms with Crippen LogP contribution in [0.25, 0.3) is 0 Å². The van der Waals surface area contributed by atoms with Gasteiger partial charge in [0.15, 0.2) is 0 Å². The van der Waals surface area contributed by atoms with Gasteiger partial charge in [-0.1, -0.05) is 6.07 Å². The smallest absolute Gasteiger partial charge is 0.266 e. The largest absolute Gasteiger partial charge is 0.274 e. The van der Waals surface area contributed by atoms with Crippen LogP contribution in [0.2, 0.25) is 0 Å². The van der Waals surface area contributed by atoms with Gasteiger partial charge in [0.1, 0.15) is 10.7 Å². The number of nitrogens with one attached hydrogen (secondary N) is 1. The molecule has 0 aliphatic rings. The van der Waals surface area contributed by atoms with Crippen molar-refractivity contribution >= 4 is 15.8 Å². The zero-order chi connectivity index (χ0) is 12.5. The van der Waals surface area contributed by atoms with Gasteiger partial charge in [-0.25, -0.2) is 13.4 Å². The fraction of sp³-hybridized carbons (Fsp3) is 0.200. The molecule has 6 nitrogen and oxygen atoms in total. The fourth-order valence-corrected chi connectivity index (χ4v) is 2.68. The Morgan fingerprint density at radius 2 is 2.12 bits per heavy atom. The Balaban J connectivity index is 2.35. The van der Waals surface area contributed by atoms with Crippen LogP contribution in [0.5, 0.6) is 0 Å². The third kappa shape index (κ3) is 2.44. The van der Waals surface area contributed by atoms with Crippen molar-refractivity contribution in [3.8, 4) is 0 Å². The molecule has 0 atom stereocenters. The molecule has 1 N–H and O–H groups in total. The van der Waals surface area contributed by atoms with Crippen LogP contribution < -0.4 is 4.72 Å². The first-order valence-electron chi connectivity index (χ1n) is 4.93. The van der Waals surface area contributed by atoms with E-state index < -0.39 is 10.0 Å². The van der Waals surface area contributed by atoms with Gasteiger partial charge in [-0.05, 0) is 19.1 Å². The van der Waals surface area contributed by atoms with Gasteiger partial charge in [-0.2, -0.15) is 5.10 Å². The van der Waals surface area contributed by atoms with E-state index in [1.165, 1.54) is 17.1 Å². The molecule has 0 saturated heterocycles. The van der Waals surface area contributed by atoms with Crippen LogP contribution in [0.1, 0.15) is 5.69 Å². The van der Waals surface area contributed by atoms with Crippen molar-refractivity contribution in [2.45, 2.75) is 11.8 Å². The second kappa shape index (κ2) is 4.17. The minimum absolute atomic E-state index is 0.158. The standard InChI is InChI=1S/C10H12N4O2S/c1-8-9(7-14(2)12-8)17(15,16)13-10-5-3-4-6-11-10/h3-7H,1-2H3,(H,11,13). The summed E-state index contributed by atoms with van der Waals surface area (Å²) in [5.74, 6) is 0.288. The van der Waals surface area contributed by atoms with Gasteiger partial charge in [0, 0.05) is 19.4 Å². The van der Waals surface area contributed by atoms with Crippen LogP contribution in [0.15, 0.2) is 35.5 Å². The van der Waals surface area contributed by atoms with E-state index in [2.05, 4.69) is 14.8 Å². The lowest BCUT2D eigenvalue weighted by Gasteiger charge is -2.05. The summed E-state index contributed by atoms with van der Waals surface area (Å²) in [4.78, 5) is 4.07. The molecule has 7 heteroatoms. The predicted octanol–water partition coefficient (Wildman–Crippen LogP) is 0.924. The van der Waals surface area contributed by atoms with E-state index in [0.717, 1.165) is 0 Å². The van der Waals surface area contributed by atoms with Gasteiger partial charge in [-0.15, -0.1) is 0 Å². The second-order valence-corrected chi connectivity index (χ2v) is 5.22. The summed E-state index contributed by atoms with van der Waals surface area (Å²) < 4.78 is 27.9. The minimum atomic E-state index is -3.62.